The van der Waals surface area contributed by atoms with Gasteiger partial charge >= 0.3 is 0 Å². The Labute approximate surface area is 450 Å². The molecule has 0 radical (unpaired) electrons. The predicted molar refractivity (Wildman–Crippen MR) is 266 cm³/mol. The maximum absolute atomic E-state index is 12.8. The summed E-state index contributed by atoms with van der Waals surface area (Å²) < 4.78 is 48.9. The van der Waals surface area contributed by atoms with Crippen LogP contribution in [0.5, 0.6) is 0 Å². The molecule has 0 bridgehead atoms. The third-order valence-electron chi connectivity index (χ3n) is 20.9. The first kappa shape index (κ1) is 61.9. The molecular weight excluding hydrogens is 1020 g/mol. The van der Waals surface area contributed by atoms with E-state index in [2.05, 4.69) is 40.7 Å². The van der Waals surface area contributed by atoms with Crippen molar-refractivity contribution in [3.05, 3.63) is 11.6 Å². The maximum Gasteiger partial charge on any atom is 0.187 e. The monoisotopic (exact) mass is 1110 g/mol. The molecule has 8 fully saturated rings. The zero-order chi connectivity index (χ0) is 56.6. The Balaban J connectivity index is 1.01. The van der Waals surface area contributed by atoms with Gasteiger partial charge in [-0.1, -0.05) is 46.3 Å². The van der Waals surface area contributed by atoms with Crippen molar-refractivity contribution in [3.8, 4) is 0 Å². The molecule has 0 aromatic carbocycles. The quantitative estimate of drug-likeness (QED) is 0.0576. The van der Waals surface area contributed by atoms with Crippen molar-refractivity contribution in [2.45, 2.75) is 254 Å². The molecule has 8 aliphatic rings. The minimum atomic E-state index is -1.82. The molecule has 0 aromatic heterocycles. The van der Waals surface area contributed by atoms with Crippen molar-refractivity contribution in [2.24, 2.45) is 45.3 Å². The first-order valence-electron chi connectivity index (χ1n) is 27.9. The lowest BCUT2D eigenvalue weighted by Crippen LogP contribution is -2.68. The Morgan fingerprint density at radius 1 is 0.545 bits per heavy atom. The standard InChI is InChI=1S/C54H92O23/c1-23(2)10-9-14-54(8,77-48-44(69)40(65)37(62)29(74-48)22-70-46-42(67)38(63)34(59)26(19-55)71-46)24-11-16-53(7)33(24)25(58)18-31-51(5)15-13-32(50(3,4)30(51)12-17-52(31,53)6)75-49-45(41(66)36(61)28(21-57)73-49)76-47-43(68)39(64)35(60)27(20-56)72-47/h10,24-49,55-69H,9,11-22H2,1-8H3/t24?,25-,26-,27-,28-,29-,30?,31?,32?,33?,34?,35?,36?,37?,38+,39+,40+,41+,42?,43?,44?,45?,46-,47?,48?,49+,51+,52-,53?,54+/m1/s1. The van der Waals surface area contributed by atoms with Crippen molar-refractivity contribution in [1.82, 2.24) is 0 Å². The Bertz CT molecular complexity index is 1990. The van der Waals surface area contributed by atoms with E-state index < -0.39 is 178 Å². The largest absolute Gasteiger partial charge is 0.394 e. The van der Waals surface area contributed by atoms with E-state index >= 15 is 0 Å². The molecule has 4 aliphatic carbocycles. The van der Waals surface area contributed by atoms with Crippen LogP contribution >= 0.6 is 0 Å². The van der Waals surface area contributed by atoms with E-state index in [0.717, 1.165) is 24.8 Å². The van der Waals surface area contributed by atoms with Crippen LogP contribution < -0.4 is 0 Å². The third kappa shape index (κ3) is 10.9. The molecule has 8 rings (SSSR count). The van der Waals surface area contributed by atoms with Gasteiger partial charge in [0.15, 0.2) is 25.2 Å². The number of allylic oxidation sites excluding steroid dienone is 2. The number of rotatable bonds is 16. The SMILES string of the molecule is CC(C)=CCC[C@](C)(OC1O[C@H](CO[C@@H]2O[C@H](CO)C(O)[C@H](O)C2O)C(O)[C@H](O)C1O)C1CCC2(C)C1[C@H](O)CC1[C@@]3(C)CCC(O[C@@H]4O[C@H](CO)C(O)[C@H](O)C4OC4O[C@H](CO)C(O)[C@H](O)C4O)C(C)(C)C3CC[C@]12C. The van der Waals surface area contributed by atoms with E-state index in [1.54, 1.807) is 0 Å². The van der Waals surface area contributed by atoms with Gasteiger partial charge in [0, 0.05) is 0 Å². The Hall–Kier alpha value is -1.18. The highest BCUT2D eigenvalue weighted by Gasteiger charge is 2.72. The Morgan fingerprint density at radius 3 is 1.64 bits per heavy atom. The topological polar surface area (TPSA) is 377 Å². The molecule has 446 valence electrons. The summed E-state index contributed by atoms with van der Waals surface area (Å²) in [6, 6.07) is 0. The first-order valence-corrected chi connectivity index (χ1v) is 27.9. The molecule has 0 amide bonds. The average Bonchev–Trinajstić information content (AvgIpc) is 3.96. The number of ether oxygens (including phenoxy) is 8. The van der Waals surface area contributed by atoms with Crippen LogP contribution in [-0.4, -0.2) is 244 Å². The molecule has 4 heterocycles. The van der Waals surface area contributed by atoms with Gasteiger partial charge < -0.3 is 114 Å². The Morgan fingerprint density at radius 2 is 1.05 bits per heavy atom. The predicted octanol–water partition coefficient (Wildman–Crippen LogP) is -2.20. The highest BCUT2D eigenvalue weighted by Crippen LogP contribution is 2.76. The molecular formula is C54H92O23. The van der Waals surface area contributed by atoms with Crippen LogP contribution in [0.25, 0.3) is 0 Å². The molecule has 4 saturated heterocycles. The summed E-state index contributed by atoms with van der Waals surface area (Å²) in [5.74, 6) is -0.475. The number of aliphatic hydroxyl groups is 15. The number of fused-ring (bicyclic) bond motifs is 5. The van der Waals surface area contributed by atoms with Crippen molar-refractivity contribution < 1.29 is 114 Å². The van der Waals surface area contributed by atoms with Crippen LogP contribution in [0.2, 0.25) is 0 Å². The van der Waals surface area contributed by atoms with E-state index in [0.29, 0.717) is 38.5 Å². The van der Waals surface area contributed by atoms with Gasteiger partial charge in [-0.3, -0.25) is 0 Å². The van der Waals surface area contributed by atoms with Crippen LogP contribution in [0.15, 0.2) is 11.6 Å². The number of hydrogen-bond donors (Lipinski definition) is 15. The van der Waals surface area contributed by atoms with E-state index in [4.69, 9.17) is 37.9 Å². The molecule has 4 saturated carbocycles. The Kier molecular flexibility index (Phi) is 18.9. The van der Waals surface area contributed by atoms with Crippen molar-refractivity contribution in [1.29, 1.82) is 0 Å². The number of aliphatic hydroxyl groups excluding tert-OH is 15. The van der Waals surface area contributed by atoms with Gasteiger partial charge in [0.2, 0.25) is 0 Å². The fraction of sp³-hybridized carbons (Fsp3) is 0.963. The van der Waals surface area contributed by atoms with Crippen molar-refractivity contribution in [2.75, 3.05) is 26.4 Å². The van der Waals surface area contributed by atoms with E-state index in [1.165, 1.54) is 0 Å². The van der Waals surface area contributed by atoms with Crippen molar-refractivity contribution >= 4 is 0 Å². The van der Waals surface area contributed by atoms with Crippen LogP contribution in [0.1, 0.15) is 113 Å². The van der Waals surface area contributed by atoms with Gasteiger partial charge in [0.25, 0.3) is 0 Å². The highest BCUT2D eigenvalue weighted by atomic mass is 16.8. The second-order valence-corrected chi connectivity index (χ2v) is 25.7. The van der Waals surface area contributed by atoms with E-state index in [1.807, 2.05) is 20.8 Å². The molecule has 15 N–H and O–H groups in total. The first-order chi connectivity index (χ1) is 36.0. The van der Waals surface area contributed by atoms with Gasteiger partial charge in [0.1, 0.15) is 97.7 Å². The van der Waals surface area contributed by atoms with Gasteiger partial charge in [-0.05, 0) is 124 Å². The molecule has 16 unspecified atom stereocenters. The minimum absolute atomic E-state index is 0.0374. The van der Waals surface area contributed by atoms with Crippen LogP contribution in [0.4, 0.5) is 0 Å². The summed E-state index contributed by atoms with van der Waals surface area (Å²) in [6.07, 6.45) is -25.2. The van der Waals surface area contributed by atoms with Gasteiger partial charge in [-0.15, -0.1) is 0 Å². The molecule has 0 aromatic rings. The molecule has 0 spiro atoms. The van der Waals surface area contributed by atoms with Gasteiger partial charge in [0.05, 0.1) is 44.2 Å². The maximum atomic E-state index is 12.8. The third-order valence-corrected chi connectivity index (χ3v) is 20.9. The smallest absolute Gasteiger partial charge is 0.187 e. The van der Waals surface area contributed by atoms with E-state index in [-0.39, 0.29) is 34.5 Å². The minimum Gasteiger partial charge on any atom is -0.394 e. The lowest BCUT2D eigenvalue weighted by Gasteiger charge is -2.71. The zero-order valence-corrected chi connectivity index (χ0v) is 45.8. The summed E-state index contributed by atoms with van der Waals surface area (Å²) in [5, 5.41) is 162. The van der Waals surface area contributed by atoms with E-state index in [9.17, 15) is 76.6 Å². The fourth-order valence-corrected chi connectivity index (χ4v) is 16.3. The zero-order valence-electron chi connectivity index (χ0n) is 45.8. The molecule has 4 aliphatic heterocycles. The summed E-state index contributed by atoms with van der Waals surface area (Å²) in [4.78, 5) is 0. The van der Waals surface area contributed by atoms with Crippen molar-refractivity contribution in [3.63, 3.8) is 0 Å². The highest BCUT2D eigenvalue weighted by molar-refractivity contribution is 5.20. The molecule has 23 heteroatoms. The summed E-state index contributed by atoms with van der Waals surface area (Å²) in [7, 11) is 0. The van der Waals surface area contributed by atoms with Gasteiger partial charge in [-0.25, -0.2) is 0 Å². The lowest BCUT2D eigenvalue weighted by atomic mass is 9.35. The van der Waals surface area contributed by atoms with Crippen LogP contribution in [-0.2, 0) is 37.9 Å². The normalized spacial score (nSPS) is 52.7. The van der Waals surface area contributed by atoms with Crippen LogP contribution in [0.3, 0.4) is 0 Å². The molecule has 23 nitrogen and oxygen atoms in total. The molecule has 30 atom stereocenters. The summed E-state index contributed by atoms with van der Waals surface area (Å²) in [5.41, 5.74) is -1.59. The average molecular weight is 1110 g/mol. The summed E-state index contributed by atoms with van der Waals surface area (Å²) in [6.45, 7) is 14.6. The van der Waals surface area contributed by atoms with Gasteiger partial charge in [-0.2, -0.15) is 0 Å². The fourth-order valence-electron chi connectivity index (χ4n) is 16.3. The number of hydrogen-bond acceptors (Lipinski definition) is 23. The van der Waals surface area contributed by atoms with Crippen LogP contribution in [0, 0.1) is 45.3 Å². The summed E-state index contributed by atoms with van der Waals surface area (Å²) >= 11 is 0. The lowest BCUT2D eigenvalue weighted by molar-refractivity contribution is -0.378. The second-order valence-electron chi connectivity index (χ2n) is 25.7. The second kappa shape index (κ2) is 23.5. The molecule has 77 heavy (non-hydrogen) atoms.